The molecule has 0 bridgehead atoms. The maximum atomic E-state index is 12.8. The number of hydrogen-bond acceptors (Lipinski definition) is 2. The van der Waals surface area contributed by atoms with Gasteiger partial charge >= 0.3 is 0 Å². The van der Waals surface area contributed by atoms with Gasteiger partial charge in [-0.2, -0.15) is 0 Å². The second-order valence-electron chi connectivity index (χ2n) is 7.86. The molecular weight excluding hydrogens is 381 g/mol. The molecule has 0 unspecified atom stereocenters. The van der Waals surface area contributed by atoms with E-state index in [1.54, 1.807) is 0 Å². The van der Waals surface area contributed by atoms with E-state index in [9.17, 15) is 4.79 Å². The van der Waals surface area contributed by atoms with Crippen LogP contribution in [-0.4, -0.2) is 11.4 Å². The molecule has 142 valence electrons. The fourth-order valence-electron chi connectivity index (χ4n) is 3.32. The van der Waals surface area contributed by atoms with E-state index in [1.807, 2.05) is 76.2 Å². The zero-order valence-electron chi connectivity index (χ0n) is 15.9. The van der Waals surface area contributed by atoms with Crippen molar-refractivity contribution in [1.82, 2.24) is 5.32 Å². The Labute approximate surface area is 170 Å². The summed E-state index contributed by atoms with van der Waals surface area (Å²) >= 11 is 12.2. The van der Waals surface area contributed by atoms with E-state index in [1.165, 1.54) is 0 Å². The van der Waals surface area contributed by atoms with Crippen LogP contribution >= 0.6 is 23.2 Å². The van der Waals surface area contributed by atoms with Gasteiger partial charge in [-0.25, -0.2) is 0 Å². The van der Waals surface area contributed by atoms with E-state index in [4.69, 9.17) is 27.9 Å². The molecule has 3 nitrogen and oxygen atoms in total. The van der Waals surface area contributed by atoms with Crippen LogP contribution in [0, 0.1) is 0 Å². The summed E-state index contributed by atoms with van der Waals surface area (Å²) in [4.78, 5) is 12.8. The van der Waals surface area contributed by atoms with E-state index in [2.05, 4.69) is 5.32 Å². The van der Waals surface area contributed by atoms with Gasteiger partial charge in [0.15, 0.2) is 5.60 Å². The van der Waals surface area contributed by atoms with Crippen LogP contribution in [0.5, 0.6) is 0 Å². The Kier molecular flexibility index (Phi) is 5.29. The Morgan fingerprint density at radius 1 is 0.963 bits per heavy atom. The molecule has 27 heavy (non-hydrogen) atoms. The van der Waals surface area contributed by atoms with E-state index < -0.39 is 5.60 Å². The molecule has 1 aliphatic rings. The Morgan fingerprint density at radius 2 is 1.41 bits per heavy atom. The minimum absolute atomic E-state index is 0.107. The van der Waals surface area contributed by atoms with Gasteiger partial charge < -0.3 is 10.1 Å². The van der Waals surface area contributed by atoms with Gasteiger partial charge in [0.2, 0.25) is 0 Å². The lowest BCUT2D eigenvalue weighted by molar-refractivity contribution is -0.119. The van der Waals surface area contributed by atoms with Crippen LogP contribution in [0.25, 0.3) is 0 Å². The van der Waals surface area contributed by atoms with Gasteiger partial charge in [0.1, 0.15) is 5.76 Å². The molecule has 0 aliphatic carbocycles. The average Bonchev–Trinajstić information content (AvgIpc) is 2.93. The Bertz CT molecular complexity index is 833. The standard InChI is InChI=1S/C22H23Cl2NO2/c1-14-19(20(26)25-21(2,3)4)13-22(27-14,15-5-9-17(23)10-6-15)16-7-11-18(24)12-8-16/h5-12H,13H2,1-4H3,(H,25,26). The minimum atomic E-state index is -0.788. The smallest absolute Gasteiger partial charge is 0.251 e. The normalized spacial score (nSPS) is 16.2. The molecule has 1 aliphatic heterocycles. The first-order valence-corrected chi connectivity index (χ1v) is 9.60. The highest BCUT2D eigenvalue weighted by Crippen LogP contribution is 2.47. The van der Waals surface area contributed by atoms with E-state index in [-0.39, 0.29) is 11.4 Å². The monoisotopic (exact) mass is 403 g/mol. The topological polar surface area (TPSA) is 38.3 Å². The number of hydrogen-bond donors (Lipinski definition) is 1. The summed E-state index contributed by atoms with van der Waals surface area (Å²) in [6.45, 7) is 7.72. The number of nitrogens with one attached hydrogen (secondary N) is 1. The van der Waals surface area contributed by atoms with Crippen molar-refractivity contribution in [2.45, 2.75) is 45.3 Å². The highest BCUT2D eigenvalue weighted by Gasteiger charge is 2.45. The first kappa shape index (κ1) is 19.8. The third-order valence-electron chi connectivity index (χ3n) is 4.56. The molecule has 5 heteroatoms. The van der Waals surface area contributed by atoms with Gasteiger partial charge in [-0.1, -0.05) is 47.5 Å². The van der Waals surface area contributed by atoms with Crippen molar-refractivity contribution in [2.75, 3.05) is 0 Å². The quantitative estimate of drug-likeness (QED) is 0.697. The van der Waals surface area contributed by atoms with Gasteiger partial charge in [-0.3, -0.25) is 4.79 Å². The van der Waals surface area contributed by atoms with Crippen molar-refractivity contribution in [1.29, 1.82) is 0 Å². The van der Waals surface area contributed by atoms with Crippen molar-refractivity contribution < 1.29 is 9.53 Å². The zero-order chi connectivity index (χ0) is 19.8. The molecule has 0 saturated heterocycles. The van der Waals surface area contributed by atoms with Crippen molar-refractivity contribution in [3.63, 3.8) is 0 Å². The van der Waals surface area contributed by atoms with Gasteiger partial charge in [0.05, 0.1) is 5.57 Å². The largest absolute Gasteiger partial charge is 0.482 e. The second kappa shape index (κ2) is 7.21. The molecular formula is C22H23Cl2NO2. The molecule has 1 N–H and O–H groups in total. The third kappa shape index (κ3) is 4.15. The number of benzene rings is 2. The van der Waals surface area contributed by atoms with E-state index in [0.717, 1.165) is 11.1 Å². The fraction of sp³-hybridized carbons (Fsp3) is 0.318. The summed E-state index contributed by atoms with van der Waals surface area (Å²) in [7, 11) is 0. The number of carbonyl (C=O) groups is 1. The number of allylic oxidation sites excluding steroid dienone is 1. The average molecular weight is 404 g/mol. The van der Waals surface area contributed by atoms with Crippen LogP contribution in [0.2, 0.25) is 10.0 Å². The summed E-state index contributed by atoms with van der Waals surface area (Å²) < 4.78 is 6.38. The lowest BCUT2D eigenvalue weighted by Crippen LogP contribution is -2.41. The van der Waals surface area contributed by atoms with E-state index in [0.29, 0.717) is 27.8 Å². The number of ether oxygens (including phenoxy) is 1. The van der Waals surface area contributed by atoms with Gasteiger partial charge in [0, 0.05) is 33.1 Å². The minimum Gasteiger partial charge on any atom is -0.482 e. The summed E-state index contributed by atoms with van der Waals surface area (Å²) in [5, 5.41) is 4.33. The number of rotatable bonds is 3. The SMILES string of the molecule is CC1=C(C(=O)NC(C)(C)C)CC(c2ccc(Cl)cc2)(c2ccc(Cl)cc2)O1. The maximum Gasteiger partial charge on any atom is 0.251 e. The van der Waals surface area contributed by atoms with Crippen LogP contribution in [-0.2, 0) is 15.1 Å². The molecule has 2 aromatic rings. The maximum absolute atomic E-state index is 12.8. The van der Waals surface area contributed by atoms with Crippen molar-refractivity contribution in [3.05, 3.63) is 81.0 Å². The third-order valence-corrected chi connectivity index (χ3v) is 5.07. The predicted molar refractivity (Wildman–Crippen MR) is 110 cm³/mol. The molecule has 0 saturated carbocycles. The van der Waals surface area contributed by atoms with Gasteiger partial charge in [-0.15, -0.1) is 0 Å². The fourth-order valence-corrected chi connectivity index (χ4v) is 3.57. The first-order valence-electron chi connectivity index (χ1n) is 8.84. The summed E-state index contributed by atoms with van der Waals surface area (Å²) in [6, 6.07) is 15.1. The number of halogens is 2. The zero-order valence-corrected chi connectivity index (χ0v) is 17.4. The first-order chi connectivity index (χ1) is 12.6. The molecule has 0 aromatic heterocycles. The summed E-state index contributed by atoms with van der Waals surface area (Å²) in [6.07, 6.45) is 0.435. The van der Waals surface area contributed by atoms with Gasteiger partial charge in [0.25, 0.3) is 5.91 Å². The van der Waals surface area contributed by atoms with Crippen molar-refractivity contribution in [2.24, 2.45) is 0 Å². The Balaban J connectivity index is 2.04. The molecule has 1 heterocycles. The highest BCUT2D eigenvalue weighted by molar-refractivity contribution is 6.30. The molecule has 2 aromatic carbocycles. The van der Waals surface area contributed by atoms with E-state index >= 15 is 0 Å². The highest BCUT2D eigenvalue weighted by atomic mass is 35.5. The lowest BCUT2D eigenvalue weighted by Gasteiger charge is -2.31. The molecule has 0 fully saturated rings. The number of amides is 1. The number of carbonyl (C=O) groups excluding carboxylic acids is 1. The van der Waals surface area contributed by atoms with Crippen molar-refractivity contribution >= 4 is 29.1 Å². The van der Waals surface area contributed by atoms with Crippen LogP contribution < -0.4 is 5.32 Å². The van der Waals surface area contributed by atoms with Crippen LogP contribution in [0.3, 0.4) is 0 Å². The lowest BCUT2D eigenvalue weighted by atomic mass is 9.82. The molecule has 0 spiro atoms. The van der Waals surface area contributed by atoms with Crippen LogP contribution in [0.15, 0.2) is 59.9 Å². The Hall–Kier alpha value is -1.97. The van der Waals surface area contributed by atoms with Gasteiger partial charge in [-0.05, 0) is 52.0 Å². The van der Waals surface area contributed by atoms with Crippen LogP contribution in [0.4, 0.5) is 0 Å². The summed E-state index contributed by atoms with van der Waals surface area (Å²) in [5.74, 6) is 0.520. The Morgan fingerprint density at radius 3 is 1.81 bits per heavy atom. The molecule has 0 atom stereocenters. The summed E-state index contributed by atoms with van der Waals surface area (Å²) in [5.41, 5.74) is 1.41. The second-order valence-corrected chi connectivity index (χ2v) is 8.73. The molecule has 1 amide bonds. The molecule has 3 rings (SSSR count). The van der Waals surface area contributed by atoms with Crippen molar-refractivity contribution in [3.8, 4) is 0 Å². The molecule has 0 radical (unpaired) electrons. The predicted octanol–water partition coefficient (Wildman–Crippen LogP) is 5.85. The van der Waals surface area contributed by atoms with Crippen LogP contribution in [0.1, 0.15) is 45.2 Å².